The molecule has 8 heteroatoms. The molecule has 1 aromatic carbocycles. The van der Waals surface area contributed by atoms with Crippen LogP contribution in [0.25, 0.3) is 0 Å². The van der Waals surface area contributed by atoms with Gasteiger partial charge < -0.3 is 10.6 Å². The molecule has 0 spiro atoms. The average Bonchev–Trinajstić information content (AvgIpc) is 3.33. The van der Waals surface area contributed by atoms with Crippen LogP contribution in [0.4, 0.5) is 5.69 Å². The molecule has 0 aliphatic heterocycles. The van der Waals surface area contributed by atoms with Crippen molar-refractivity contribution in [3.05, 3.63) is 23.8 Å². The van der Waals surface area contributed by atoms with Crippen LogP contribution >= 0.6 is 12.4 Å². The highest BCUT2D eigenvalue weighted by atomic mass is 35.5. The molecule has 0 aromatic heterocycles. The van der Waals surface area contributed by atoms with Crippen LogP contribution < -0.4 is 10.6 Å². The molecule has 142 valence electrons. The first-order valence-electron chi connectivity index (χ1n) is 8.47. The Morgan fingerprint density at radius 3 is 2.40 bits per heavy atom. The number of nitrogens with one attached hydrogen (secondary N) is 2. The van der Waals surface area contributed by atoms with Gasteiger partial charge in [0.2, 0.25) is 15.9 Å². The van der Waals surface area contributed by atoms with Crippen molar-refractivity contribution in [2.45, 2.75) is 57.5 Å². The Hall–Kier alpha value is -1.15. The highest BCUT2D eigenvalue weighted by Gasteiger charge is 2.27. The largest absolute Gasteiger partial charge is 0.325 e. The summed E-state index contributed by atoms with van der Waals surface area (Å²) in [4.78, 5) is 12.5. The predicted molar refractivity (Wildman–Crippen MR) is 103 cm³/mol. The second kappa shape index (κ2) is 8.98. The molecule has 0 bridgehead atoms. The van der Waals surface area contributed by atoms with Crippen molar-refractivity contribution in [3.63, 3.8) is 0 Å². The Labute approximate surface area is 156 Å². The SMILES string of the molecule is CCN(CC)S(=O)(=O)c1cc(NC(=O)C(C)NC2CC2)ccc1C.Cl. The number of rotatable bonds is 8. The van der Waals surface area contributed by atoms with E-state index < -0.39 is 10.0 Å². The second-order valence-electron chi connectivity index (χ2n) is 6.22. The number of hydrogen-bond donors (Lipinski definition) is 2. The zero-order valence-electron chi connectivity index (χ0n) is 15.2. The van der Waals surface area contributed by atoms with Gasteiger partial charge in [-0.15, -0.1) is 12.4 Å². The zero-order valence-corrected chi connectivity index (χ0v) is 16.8. The van der Waals surface area contributed by atoms with E-state index >= 15 is 0 Å². The molecule has 1 unspecified atom stereocenters. The maximum absolute atomic E-state index is 12.7. The summed E-state index contributed by atoms with van der Waals surface area (Å²) in [5, 5.41) is 6.03. The van der Waals surface area contributed by atoms with Crippen molar-refractivity contribution in [1.29, 1.82) is 0 Å². The van der Waals surface area contributed by atoms with Gasteiger partial charge in [0.15, 0.2) is 0 Å². The molecule has 1 aromatic rings. The fraction of sp³-hybridized carbons (Fsp3) is 0.588. The number of nitrogens with zero attached hydrogens (tertiary/aromatic N) is 1. The lowest BCUT2D eigenvalue weighted by molar-refractivity contribution is -0.117. The summed E-state index contributed by atoms with van der Waals surface area (Å²) in [6.45, 7) is 8.03. The van der Waals surface area contributed by atoms with Gasteiger partial charge in [-0.25, -0.2) is 8.42 Å². The summed E-state index contributed by atoms with van der Waals surface area (Å²) in [5.41, 5.74) is 1.17. The molecule has 1 atom stereocenters. The van der Waals surface area contributed by atoms with Crippen molar-refractivity contribution in [3.8, 4) is 0 Å². The van der Waals surface area contributed by atoms with Crippen LogP contribution in [0.1, 0.15) is 39.2 Å². The van der Waals surface area contributed by atoms with Crippen molar-refractivity contribution in [2.75, 3.05) is 18.4 Å². The van der Waals surface area contributed by atoms with Crippen LogP contribution in [0.3, 0.4) is 0 Å². The van der Waals surface area contributed by atoms with Crippen LogP contribution in [0.2, 0.25) is 0 Å². The number of sulfonamides is 1. The van der Waals surface area contributed by atoms with Gasteiger partial charge >= 0.3 is 0 Å². The van der Waals surface area contributed by atoms with Crippen molar-refractivity contribution in [2.24, 2.45) is 0 Å². The van der Waals surface area contributed by atoms with E-state index in [1.807, 2.05) is 20.8 Å². The third-order valence-electron chi connectivity index (χ3n) is 4.24. The number of aryl methyl sites for hydroxylation is 1. The number of carbonyl (C=O) groups excluding carboxylic acids is 1. The highest BCUT2D eigenvalue weighted by molar-refractivity contribution is 7.89. The number of anilines is 1. The molecular formula is C17H28ClN3O3S. The van der Waals surface area contributed by atoms with E-state index in [1.165, 1.54) is 4.31 Å². The first-order valence-corrected chi connectivity index (χ1v) is 9.91. The fourth-order valence-electron chi connectivity index (χ4n) is 2.59. The summed E-state index contributed by atoms with van der Waals surface area (Å²) in [6.07, 6.45) is 2.21. The molecule has 1 aliphatic rings. The number of halogens is 1. The molecule has 0 saturated heterocycles. The first-order chi connectivity index (χ1) is 11.3. The quantitative estimate of drug-likeness (QED) is 0.716. The lowest BCUT2D eigenvalue weighted by atomic mass is 10.2. The minimum absolute atomic E-state index is 0. The molecule has 6 nitrogen and oxygen atoms in total. The smallest absolute Gasteiger partial charge is 0.243 e. The third-order valence-corrected chi connectivity index (χ3v) is 6.43. The maximum atomic E-state index is 12.7. The van der Waals surface area contributed by atoms with Gasteiger partial charge in [-0.05, 0) is 44.4 Å². The molecule has 0 radical (unpaired) electrons. The van der Waals surface area contributed by atoms with E-state index in [0.717, 1.165) is 12.8 Å². The summed E-state index contributed by atoms with van der Waals surface area (Å²) < 4.78 is 26.9. The Kier molecular flexibility index (Phi) is 7.87. The molecular weight excluding hydrogens is 362 g/mol. The Bertz CT molecular complexity index is 701. The number of carbonyl (C=O) groups is 1. The van der Waals surface area contributed by atoms with Gasteiger partial charge in [0.25, 0.3) is 0 Å². The van der Waals surface area contributed by atoms with Crippen LogP contribution in [0.5, 0.6) is 0 Å². The van der Waals surface area contributed by atoms with Crippen molar-refractivity contribution in [1.82, 2.24) is 9.62 Å². The topological polar surface area (TPSA) is 78.5 Å². The van der Waals surface area contributed by atoms with Crippen molar-refractivity contribution >= 4 is 34.0 Å². The highest BCUT2D eigenvalue weighted by Crippen LogP contribution is 2.24. The van der Waals surface area contributed by atoms with Crippen LogP contribution in [-0.2, 0) is 14.8 Å². The molecule has 2 N–H and O–H groups in total. The predicted octanol–water partition coefficient (Wildman–Crippen LogP) is 2.53. The molecule has 1 aliphatic carbocycles. The molecule has 0 heterocycles. The van der Waals surface area contributed by atoms with E-state index in [9.17, 15) is 13.2 Å². The molecule has 1 fully saturated rings. The van der Waals surface area contributed by atoms with Crippen LogP contribution in [-0.4, -0.2) is 43.8 Å². The summed E-state index contributed by atoms with van der Waals surface area (Å²) in [7, 11) is -3.55. The third kappa shape index (κ3) is 5.41. The summed E-state index contributed by atoms with van der Waals surface area (Å²) in [6, 6.07) is 5.14. The first kappa shape index (κ1) is 21.9. The van der Waals surface area contributed by atoms with Gasteiger partial charge in [0.05, 0.1) is 10.9 Å². The van der Waals surface area contributed by atoms with E-state index in [4.69, 9.17) is 0 Å². The lowest BCUT2D eigenvalue weighted by Crippen LogP contribution is -2.39. The van der Waals surface area contributed by atoms with Gasteiger partial charge in [-0.3, -0.25) is 4.79 Å². The van der Waals surface area contributed by atoms with Crippen LogP contribution in [0.15, 0.2) is 23.1 Å². The van der Waals surface area contributed by atoms with Crippen LogP contribution in [0, 0.1) is 6.92 Å². The summed E-state index contributed by atoms with van der Waals surface area (Å²) >= 11 is 0. The van der Waals surface area contributed by atoms with Gasteiger partial charge in [0, 0.05) is 24.8 Å². The maximum Gasteiger partial charge on any atom is 0.243 e. The standard InChI is InChI=1S/C17H27N3O3S.ClH/c1-5-20(6-2)24(22,23)16-11-15(8-7-12(16)3)19-17(21)13(4)18-14-9-10-14;/h7-8,11,13-14,18H,5-6,9-10H2,1-4H3,(H,19,21);1H. The van der Waals surface area contributed by atoms with Gasteiger partial charge in [-0.2, -0.15) is 4.31 Å². The van der Waals surface area contributed by atoms with E-state index in [1.54, 1.807) is 25.1 Å². The monoisotopic (exact) mass is 389 g/mol. The lowest BCUT2D eigenvalue weighted by Gasteiger charge is -2.20. The molecule has 25 heavy (non-hydrogen) atoms. The Morgan fingerprint density at radius 2 is 1.88 bits per heavy atom. The van der Waals surface area contributed by atoms with Gasteiger partial charge in [0.1, 0.15) is 0 Å². The summed E-state index contributed by atoms with van der Waals surface area (Å²) in [5.74, 6) is -0.156. The molecule has 1 amide bonds. The van der Waals surface area contributed by atoms with Gasteiger partial charge in [-0.1, -0.05) is 19.9 Å². The molecule has 2 rings (SSSR count). The molecule has 1 saturated carbocycles. The van der Waals surface area contributed by atoms with E-state index in [0.29, 0.717) is 30.4 Å². The minimum Gasteiger partial charge on any atom is -0.325 e. The number of amides is 1. The van der Waals surface area contributed by atoms with Crippen molar-refractivity contribution < 1.29 is 13.2 Å². The minimum atomic E-state index is -3.55. The number of benzene rings is 1. The van der Waals surface area contributed by atoms with E-state index in [2.05, 4.69) is 10.6 Å². The normalized spacial score (nSPS) is 15.6. The second-order valence-corrected chi connectivity index (χ2v) is 8.13. The Morgan fingerprint density at radius 1 is 1.28 bits per heavy atom. The number of hydrogen-bond acceptors (Lipinski definition) is 4. The van der Waals surface area contributed by atoms with E-state index in [-0.39, 0.29) is 29.3 Å². The zero-order chi connectivity index (χ0) is 17.9. The Balaban J connectivity index is 0.00000312. The average molecular weight is 390 g/mol. The fourth-order valence-corrected chi connectivity index (χ4v) is 4.30.